The Morgan fingerprint density at radius 3 is 2.65 bits per heavy atom. The maximum absolute atomic E-state index is 9.15. The smallest absolute Gasteiger partial charge is 0.0642 e. The van der Waals surface area contributed by atoms with E-state index in [0.717, 1.165) is 16.3 Å². The van der Waals surface area contributed by atoms with Gasteiger partial charge in [0.1, 0.15) is 0 Å². The zero-order chi connectivity index (χ0) is 12.3. The Hall–Kier alpha value is -0.770. The highest BCUT2D eigenvalue weighted by Gasteiger charge is 2.26. The Bertz CT molecular complexity index is 380. The van der Waals surface area contributed by atoms with E-state index >= 15 is 0 Å². The molecular weight excluding hydrogens is 236 g/mol. The lowest BCUT2D eigenvalue weighted by Crippen LogP contribution is -2.42. The monoisotopic (exact) mass is 254 g/mol. The highest BCUT2D eigenvalue weighted by atomic mass is 35.5. The van der Waals surface area contributed by atoms with Crippen LogP contribution in [0, 0.1) is 0 Å². The number of nitrogens with two attached hydrogens (primary N) is 1. The van der Waals surface area contributed by atoms with E-state index in [1.165, 1.54) is 19.3 Å². The molecule has 4 heteroatoms. The van der Waals surface area contributed by atoms with Gasteiger partial charge in [0, 0.05) is 19.1 Å². The summed E-state index contributed by atoms with van der Waals surface area (Å²) in [5.41, 5.74) is 7.64. The van der Waals surface area contributed by atoms with Crippen molar-refractivity contribution in [3.8, 4) is 0 Å². The molecule has 1 aliphatic carbocycles. The van der Waals surface area contributed by atoms with Crippen LogP contribution in [-0.2, 0) is 6.54 Å². The van der Waals surface area contributed by atoms with Crippen molar-refractivity contribution in [2.75, 3.05) is 18.1 Å². The lowest BCUT2D eigenvalue weighted by molar-refractivity contribution is 0.283. The van der Waals surface area contributed by atoms with E-state index in [0.29, 0.717) is 19.1 Å². The molecule has 0 aromatic heterocycles. The standard InChI is InChI=1S/C13H19ClN2O/c14-12-8-10(9-15)4-5-13(12)16(6-7-17)11-2-1-3-11/h4-5,8,11,17H,1-3,6-7,9,15H2. The first kappa shape index (κ1) is 12.7. The minimum absolute atomic E-state index is 0.158. The molecule has 94 valence electrons. The fraction of sp³-hybridized carbons (Fsp3) is 0.538. The second-order valence-electron chi connectivity index (χ2n) is 4.49. The van der Waals surface area contributed by atoms with Crippen molar-refractivity contribution in [2.45, 2.75) is 31.8 Å². The van der Waals surface area contributed by atoms with E-state index in [-0.39, 0.29) is 6.61 Å². The molecule has 1 saturated carbocycles. The third-order valence-electron chi connectivity index (χ3n) is 3.41. The molecule has 0 heterocycles. The summed E-state index contributed by atoms with van der Waals surface area (Å²) in [5.74, 6) is 0. The van der Waals surface area contributed by atoms with Crippen molar-refractivity contribution in [3.05, 3.63) is 28.8 Å². The SMILES string of the molecule is NCc1ccc(N(CCO)C2CCC2)c(Cl)c1. The normalized spacial score (nSPS) is 15.7. The minimum atomic E-state index is 0.158. The second kappa shape index (κ2) is 5.71. The molecule has 0 saturated heterocycles. The van der Waals surface area contributed by atoms with Gasteiger partial charge >= 0.3 is 0 Å². The molecule has 2 rings (SSSR count). The fourth-order valence-electron chi connectivity index (χ4n) is 2.22. The van der Waals surface area contributed by atoms with Crippen LogP contribution in [0.25, 0.3) is 0 Å². The number of nitrogens with zero attached hydrogens (tertiary/aromatic N) is 1. The van der Waals surface area contributed by atoms with Crippen LogP contribution in [0.4, 0.5) is 5.69 Å². The summed E-state index contributed by atoms with van der Waals surface area (Å²) in [4.78, 5) is 2.21. The number of hydrogen-bond donors (Lipinski definition) is 2. The van der Waals surface area contributed by atoms with Crippen molar-refractivity contribution in [1.82, 2.24) is 0 Å². The van der Waals surface area contributed by atoms with Crippen LogP contribution in [0.5, 0.6) is 0 Å². The lowest BCUT2D eigenvalue weighted by atomic mass is 9.91. The molecular formula is C13H19ClN2O. The van der Waals surface area contributed by atoms with Crippen LogP contribution in [0.3, 0.4) is 0 Å². The zero-order valence-electron chi connectivity index (χ0n) is 9.90. The summed E-state index contributed by atoms with van der Waals surface area (Å²) < 4.78 is 0. The Labute approximate surface area is 107 Å². The second-order valence-corrected chi connectivity index (χ2v) is 4.90. The Morgan fingerprint density at radius 2 is 2.18 bits per heavy atom. The molecule has 0 amide bonds. The molecule has 0 spiro atoms. The van der Waals surface area contributed by atoms with Gasteiger partial charge in [0.2, 0.25) is 0 Å². The lowest BCUT2D eigenvalue weighted by Gasteiger charge is -2.39. The Kier molecular flexibility index (Phi) is 4.26. The number of rotatable bonds is 5. The predicted octanol–water partition coefficient (Wildman–Crippen LogP) is 2.15. The first-order valence-corrected chi connectivity index (χ1v) is 6.50. The maximum Gasteiger partial charge on any atom is 0.0642 e. The third kappa shape index (κ3) is 2.73. The van der Waals surface area contributed by atoms with Crippen molar-refractivity contribution >= 4 is 17.3 Å². The Morgan fingerprint density at radius 1 is 1.41 bits per heavy atom. The van der Waals surface area contributed by atoms with Crippen molar-refractivity contribution in [1.29, 1.82) is 0 Å². The average molecular weight is 255 g/mol. The van der Waals surface area contributed by atoms with Gasteiger partial charge in [-0.3, -0.25) is 0 Å². The number of aliphatic hydroxyl groups excluding tert-OH is 1. The first-order valence-electron chi connectivity index (χ1n) is 6.12. The number of anilines is 1. The fourth-order valence-corrected chi connectivity index (χ4v) is 2.53. The predicted molar refractivity (Wildman–Crippen MR) is 71.4 cm³/mol. The molecule has 0 aliphatic heterocycles. The van der Waals surface area contributed by atoms with Gasteiger partial charge in [0.25, 0.3) is 0 Å². The van der Waals surface area contributed by atoms with Crippen molar-refractivity contribution in [2.24, 2.45) is 5.73 Å². The van der Waals surface area contributed by atoms with Gasteiger partial charge in [0.05, 0.1) is 17.3 Å². The van der Waals surface area contributed by atoms with Crippen LogP contribution >= 0.6 is 11.6 Å². The van der Waals surface area contributed by atoms with Crippen molar-refractivity contribution in [3.63, 3.8) is 0 Å². The summed E-state index contributed by atoms with van der Waals surface area (Å²) in [6.45, 7) is 1.31. The molecule has 0 radical (unpaired) electrons. The Balaban J connectivity index is 2.22. The van der Waals surface area contributed by atoms with Crippen LogP contribution in [0.15, 0.2) is 18.2 Å². The highest BCUT2D eigenvalue weighted by molar-refractivity contribution is 6.33. The van der Waals surface area contributed by atoms with E-state index in [1.807, 2.05) is 18.2 Å². The molecule has 3 N–H and O–H groups in total. The number of benzene rings is 1. The average Bonchev–Trinajstić information content (AvgIpc) is 2.26. The summed E-state index contributed by atoms with van der Waals surface area (Å²) in [5, 5.41) is 9.88. The molecule has 3 nitrogen and oxygen atoms in total. The summed E-state index contributed by atoms with van der Waals surface area (Å²) >= 11 is 6.28. The van der Waals surface area contributed by atoms with E-state index in [9.17, 15) is 0 Å². The highest BCUT2D eigenvalue weighted by Crippen LogP contribution is 2.34. The number of hydrogen-bond acceptors (Lipinski definition) is 3. The van der Waals surface area contributed by atoms with E-state index < -0.39 is 0 Å². The molecule has 1 aliphatic rings. The molecule has 1 aromatic rings. The quantitative estimate of drug-likeness (QED) is 0.847. The molecule has 0 atom stereocenters. The third-order valence-corrected chi connectivity index (χ3v) is 3.72. The summed E-state index contributed by atoms with van der Waals surface area (Å²) in [6, 6.07) is 6.46. The maximum atomic E-state index is 9.15. The number of aliphatic hydroxyl groups is 1. The van der Waals surface area contributed by atoms with Gasteiger partial charge in [-0.2, -0.15) is 0 Å². The van der Waals surface area contributed by atoms with Gasteiger partial charge < -0.3 is 15.7 Å². The largest absolute Gasteiger partial charge is 0.395 e. The van der Waals surface area contributed by atoms with E-state index in [2.05, 4.69) is 4.90 Å². The first-order chi connectivity index (χ1) is 8.26. The van der Waals surface area contributed by atoms with E-state index in [4.69, 9.17) is 22.4 Å². The van der Waals surface area contributed by atoms with Gasteiger partial charge in [-0.25, -0.2) is 0 Å². The van der Waals surface area contributed by atoms with Crippen LogP contribution in [0.2, 0.25) is 5.02 Å². The van der Waals surface area contributed by atoms with Gasteiger partial charge in [-0.05, 0) is 37.0 Å². The van der Waals surface area contributed by atoms with Crippen LogP contribution in [-0.4, -0.2) is 24.3 Å². The molecule has 0 bridgehead atoms. The summed E-state index contributed by atoms with van der Waals surface area (Å²) in [7, 11) is 0. The molecule has 1 fully saturated rings. The molecule has 17 heavy (non-hydrogen) atoms. The van der Waals surface area contributed by atoms with E-state index in [1.54, 1.807) is 0 Å². The summed E-state index contributed by atoms with van der Waals surface area (Å²) in [6.07, 6.45) is 3.65. The van der Waals surface area contributed by atoms with Crippen LogP contribution in [0.1, 0.15) is 24.8 Å². The minimum Gasteiger partial charge on any atom is -0.395 e. The van der Waals surface area contributed by atoms with Gasteiger partial charge in [-0.15, -0.1) is 0 Å². The topological polar surface area (TPSA) is 49.5 Å². The van der Waals surface area contributed by atoms with Gasteiger partial charge in [-0.1, -0.05) is 17.7 Å². The molecule has 1 aromatic carbocycles. The van der Waals surface area contributed by atoms with Crippen molar-refractivity contribution < 1.29 is 5.11 Å². The molecule has 0 unspecified atom stereocenters. The zero-order valence-corrected chi connectivity index (χ0v) is 10.7. The number of halogens is 1. The van der Waals surface area contributed by atoms with Crippen LogP contribution < -0.4 is 10.6 Å². The van der Waals surface area contributed by atoms with Gasteiger partial charge in [0.15, 0.2) is 0 Å².